The average Bonchev–Trinajstić information content (AvgIpc) is 2.33. The van der Waals surface area contributed by atoms with E-state index >= 15 is 0 Å². The van der Waals surface area contributed by atoms with Gasteiger partial charge in [0.25, 0.3) is 0 Å². The molecule has 1 nitrogen and oxygen atoms in total. The summed E-state index contributed by atoms with van der Waals surface area (Å²) < 4.78 is 26.0. The van der Waals surface area contributed by atoms with Crippen LogP contribution in [-0.2, 0) is 5.60 Å². The Morgan fingerprint density at radius 3 is 2.46 bits per heavy atom. The Kier molecular flexibility index (Phi) is 3.02. The Hall–Kier alpha value is 0.290. The largest absolute Gasteiger partial charge is 0.378 e. The molecule has 0 saturated heterocycles. The van der Waals surface area contributed by atoms with E-state index in [9.17, 15) is 13.9 Å². The summed E-state index contributed by atoms with van der Waals surface area (Å²) in [6.45, 7) is 1.03. The maximum Gasteiger partial charge on any atom is 0.333 e. The van der Waals surface area contributed by atoms with E-state index in [0.29, 0.717) is 4.34 Å². The van der Waals surface area contributed by atoms with Crippen LogP contribution in [0.1, 0.15) is 12.5 Å². The van der Waals surface area contributed by atoms with E-state index in [0.717, 1.165) is 18.3 Å². The molecule has 0 spiro atoms. The molecular formula is C7H6BrClF2OS. The fourth-order valence-electron chi connectivity index (χ4n) is 0.729. The zero-order chi connectivity index (χ0) is 10.3. The van der Waals surface area contributed by atoms with E-state index in [2.05, 4.69) is 15.9 Å². The third kappa shape index (κ3) is 2.21. The van der Waals surface area contributed by atoms with Crippen LogP contribution in [0.4, 0.5) is 8.78 Å². The molecule has 1 unspecified atom stereocenters. The molecule has 1 atom stereocenters. The Bertz CT molecular complexity index is 308. The molecule has 74 valence electrons. The molecule has 1 N–H and O–H groups in total. The quantitative estimate of drug-likeness (QED) is 0.826. The van der Waals surface area contributed by atoms with Gasteiger partial charge in [-0.15, -0.1) is 11.3 Å². The number of rotatable bonds is 2. The highest BCUT2D eigenvalue weighted by Crippen LogP contribution is 2.43. The zero-order valence-electron chi connectivity index (χ0n) is 6.52. The molecule has 13 heavy (non-hydrogen) atoms. The second-order valence-electron chi connectivity index (χ2n) is 2.71. The third-order valence-electron chi connectivity index (χ3n) is 1.68. The fourth-order valence-corrected chi connectivity index (χ4v) is 1.94. The van der Waals surface area contributed by atoms with Gasteiger partial charge < -0.3 is 5.11 Å². The minimum absolute atomic E-state index is 0.101. The van der Waals surface area contributed by atoms with Crippen LogP contribution in [0, 0.1) is 0 Å². The summed E-state index contributed by atoms with van der Waals surface area (Å²) in [6, 6.07) is 1.32. The molecule has 0 aliphatic heterocycles. The summed E-state index contributed by atoms with van der Waals surface area (Å²) in [5.41, 5.74) is -2.14. The Morgan fingerprint density at radius 2 is 2.15 bits per heavy atom. The summed E-state index contributed by atoms with van der Waals surface area (Å²) in [5.74, 6) is 0. The molecule has 1 heterocycles. The molecular weight excluding hydrogens is 285 g/mol. The van der Waals surface area contributed by atoms with Crippen LogP contribution >= 0.6 is 38.9 Å². The Morgan fingerprint density at radius 1 is 1.62 bits per heavy atom. The van der Waals surface area contributed by atoms with Gasteiger partial charge in [0.1, 0.15) is 0 Å². The van der Waals surface area contributed by atoms with Crippen LogP contribution in [-0.4, -0.2) is 9.94 Å². The minimum atomic E-state index is -3.37. The maximum atomic E-state index is 12.8. The van der Waals surface area contributed by atoms with Crippen molar-refractivity contribution in [2.75, 3.05) is 0 Å². The first-order valence-corrected chi connectivity index (χ1v) is 5.34. The van der Waals surface area contributed by atoms with Gasteiger partial charge in [-0.1, -0.05) is 11.6 Å². The van der Waals surface area contributed by atoms with Crippen LogP contribution in [0.25, 0.3) is 0 Å². The summed E-state index contributed by atoms with van der Waals surface area (Å²) in [6.07, 6.45) is 0. The fraction of sp³-hybridized carbons (Fsp3) is 0.429. The molecule has 0 amide bonds. The van der Waals surface area contributed by atoms with Crippen LogP contribution in [0.2, 0.25) is 4.34 Å². The monoisotopic (exact) mass is 290 g/mol. The standard InChI is InChI=1S/C7H6BrClF2OS/c1-6(12,7(8,10)11)4-2-5(9)13-3-4/h2-3,12H,1H3. The molecule has 0 saturated carbocycles. The highest BCUT2D eigenvalue weighted by Gasteiger charge is 2.48. The van der Waals surface area contributed by atoms with Crippen LogP contribution in [0.3, 0.4) is 0 Å². The van der Waals surface area contributed by atoms with Gasteiger partial charge >= 0.3 is 4.83 Å². The van der Waals surface area contributed by atoms with Crippen LogP contribution in [0.15, 0.2) is 11.4 Å². The van der Waals surface area contributed by atoms with Crippen molar-refractivity contribution in [2.45, 2.75) is 17.4 Å². The minimum Gasteiger partial charge on any atom is -0.378 e. The van der Waals surface area contributed by atoms with E-state index in [1.807, 2.05) is 0 Å². The lowest BCUT2D eigenvalue weighted by atomic mass is 10.0. The maximum absolute atomic E-state index is 12.8. The van der Waals surface area contributed by atoms with Crippen molar-refractivity contribution < 1.29 is 13.9 Å². The molecule has 0 aliphatic carbocycles. The third-order valence-corrected chi connectivity index (χ3v) is 3.54. The van der Waals surface area contributed by atoms with Gasteiger partial charge in [-0.3, -0.25) is 0 Å². The van der Waals surface area contributed by atoms with E-state index in [1.165, 1.54) is 11.4 Å². The molecule has 0 aromatic carbocycles. The molecule has 6 heteroatoms. The van der Waals surface area contributed by atoms with Gasteiger partial charge in [0.05, 0.1) is 4.34 Å². The van der Waals surface area contributed by atoms with Crippen molar-refractivity contribution >= 4 is 38.9 Å². The van der Waals surface area contributed by atoms with Gasteiger partial charge in [0.2, 0.25) is 0 Å². The predicted molar refractivity (Wildman–Crippen MR) is 52.8 cm³/mol. The summed E-state index contributed by atoms with van der Waals surface area (Å²) in [4.78, 5) is -3.37. The summed E-state index contributed by atoms with van der Waals surface area (Å²) in [5, 5.41) is 10.9. The molecule has 0 fully saturated rings. The van der Waals surface area contributed by atoms with E-state index in [4.69, 9.17) is 11.6 Å². The number of thiophene rings is 1. The first kappa shape index (κ1) is 11.4. The molecule has 0 bridgehead atoms. The number of alkyl halides is 3. The SMILES string of the molecule is CC(O)(c1csc(Cl)c1)C(F)(F)Br. The summed E-state index contributed by atoms with van der Waals surface area (Å²) in [7, 11) is 0. The van der Waals surface area contributed by atoms with Gasteiger partial charge in [0.15, 0.2) is 5.60 Å². The van der Waals surface area contributed by atoms with E-state index < -0.39 is 10.4 Å². The van der Waals surface area contributed by atoms with Crippen molar-refractivity contribution in [2.24, 2.45) is 0 Å². The first-order chi connectivity index (χ1) is 5.75. The topological polar surface area (TPSA) is 20.2 Å². The molecule has 0 radical (unpaired) electrons. The van der Waals surface area contributed by atoms with Gasteiger partial charge in [-0.2, -0.15) is 8.78 Å². The van der Waals surface area contributed by atoms with Gasteiger partial charge in [-0.25, -0.2) is 0 Å². The van der Waals surface area contributed by atoms with Gasteiger partial charge in [-0.05, 0) is 34.3 Å². The molecule has 1 aromatic rings. The Balaban J connectivity index is 3.07. The average molecular weight is 292 g/mol. The smallest absolute Gasteiger partial charge is 0.333 e. The second-order valence-corrected chi connectivity index (χ2v) is 5.25. The number of aliphatic hydroxyl groups is 1. The molecule has 1 aromatic heterocycles. The summed E-state index contributed by atoms with van der Waals surface area (Å²) >= 11 is 8.79. The Labute approximate surface area is 91.5 Å². The molecule has 0 aliphatic rings. The number of hydrogen-bond donors (Lipinski definition) is 1. The second kappa shape index (κ2) is 3.46. The van der Waals surface area contributed by atoms with E-state index in [1.54, 1.807) is 0 Å². The lowest BCUT2D eigenvalue weighted by molar-refractivity contribution is -0.108. The van der Waals surface area contributed by atoms with E-state index in [-0.39, 0.29) is 5.56 Å². The van der Waals surface area contributed by atoms with Gasteiger partial charge in [0, 0.05) is 5.56 Å². The van der Waals surface area contributed by atoms with Crippen molar-refractivity contribution in [1.29, 1.82) is 0 Å². The van der Waals surface area contributed by atoms with Crippen LogP contribution in [0.5, 0.6) is 0 Å². The highest BCUT2D eigenvalue weighted by atomic mass is 79.9. The normalized spacial score (nSPS) is 17.1. The lowest BCUT2D eigenvalue weighted by Crippen LogP contribution is -2.37. The number of hydrogen-bond acceptors (Lipinski definition) is 2. The highest BCUT2D eigenvalue weighted by molar-refractivity contribution is 9.10. The predicted octanol–water partition coefficient (Wildman–Crippen LogP) is 3.60. The zero-order valence-corrected chi connectivity index (χ0v) is 9.68. The first-order valence-electron chi connectivity index (χ1n) is 3.29. The lowest BCUT2D eigenvalue weighted by Gasteiger charge is -2.27. The van der Waals surface area contributed by atoms with Crippen molar-refractivity contribution in [3.05, 3.63) is 21.3 Å². The van der Waals surface area contributed by atoms with Crippen molar-refractivity contribution in [3.8, 4) is 0 Å². The van der Waals surface area contributed by atoms with Crippen molar-refractivity contribution in [1.82, 2.24) is 0 Å². The number of halogens is 4. The van der Waals surface area contributed by atoms with Crippen LogP contribution < -0.4 is 0 Å². The van der Waals surface area contributed by atoms with Crippen molar-refractivity contribution in [3.63, 3.8) is 0 Å². The molecule has 1 rings (SSSR count).